The van der Waals surface area contributed by atoms with Crippen molar-refractivity contribution in [1.82, 2.24) is 0 Å². The molecule has 1 saturated carbocycles. The molecule has 0 unspecified atom stereocenters. The quantitative estimate of drug-likeness (QED) is 0.765. The summed E-state index contributed by atoms with van der Waals surface area (Å²) >= 11 is 0. The predicted molar refractivity (Wildman–Crippen MR) is 67.5 cm³/mol. The van der Waals surface area contributed by atoms with Gasteiger partial charge >= 0.3 is 0 Å². The molecule has 0 aliphatic heterocycles. The second kappa shape index (κ2) is 3.10. The van der Waals surface area contributed by atoms with E-state index in [4.69, 9.17) is 5.73 Å². The van der Waals surface area contributed by atoms with Crippen LogP contribution in [0.2, 0.25) is 0 Å². The van der Waals surface area contributed by atoms with Gasteiger partial charge in [0.15, 0.2) is 0 Å². The monoisotopic (exact) mass is 215 g/mol. The average molecular weight is 215 g/mol. The summed E-state index contributed by atoms with van der Waals surface area (Å²) in [6.45, 7) is 5.60. The van der Waals surface area contributed by atoms with Crippen LogP contribution in [0.1, 0.15) is 44.2 Å². The lowest BCUT2D eigenvalue weighted by Crippen LogP contribution is -2.31. The van der Waals surface area contributed by atoms with Crippen LogP contribution in [0.25, 0.3) is 0 Å². The third kappa shape index (κ3) is 1.21. The molecule has 0 bridgehead atoms. The van der Waals surface area contributed by atoms with Crippen LogP contribution < -0.4 is 5.73 Å². The van der Waals surface area contributed by atoms with Crippen LogP contribution in [-0.2, 0) is 10.8 Å². The molecule has 0 saturated heterocycles. The van der Waals surface area contributed by atoms with Crippen LogP contribution in [0.4, 0.5) is 0 Å². The minimum atomic E-state index is 0.351. The van der Waals surface area contributed by atoms with E-state index in [0.29, 0.717) is 10.8 Å². The fraction of sp³-hybridized carbons (Fsp3) is 0.600. The number of hydrogen-bond donors (Lipinski definition) is 1. The maximum absolute atomic E-state index is 5.86. The van der Waals surface area contributed by atoms with Gasteiger partial charge in [-0.25, -0.2) is 0 Å². The Kier molecular flexibility index (Phi) is 2.00. The van der Waals surface area contributed by atoms with Crippen molar-refractivity contribution in [2.75, 3.05) is 6.54 Å². The van der Waals surface area contributed by atoms with Gasteiger partial charge in [0.2, 0.25) is 0 Å². The number of nitrogens with two attached hydrogens (primary N) is 1. The first-order valence-electron chi connectivity index (χ1n) is 6.40. The van der Waals surface area contributed by atoms with Crippen LogP contribution in [0.5, 0.6) is 0 Å². The number of fused-ring (bicyclic) bond motifs is 2. The molecule has 1 nitrogen and oxygen atoms in total. The van der Waals surface area contributed by atoms with Crippen molar-refractivity contribution >= 4 is 0 Å². The van der Waals surface area contributed by atoms with Gasteiger partial charge in [0.25, 0.3) is 0 Å². The molecule has 0 amide bonds. The predicted octanol–water partition coefficient (Wildman–Crippen LogP) is 2.97. The number of rotatable bonds is 1. The molecule has 1 fully saturated rings. The minimum Gasteiger partial charge on any atom is -0.330 e. The summed E-state index contributed by atoms with van der Waals surface area (Å²) in [6.07, 6.45) is 3.95. The molecule has 0 radical (unpaired) electrons. The molecule has 0 heterocycles. The van der Waals surface area contributed by atoms with Gasteiger partial charge in [0.1, 0.15) is 0 Å². The van der Waals surface area contributed by atoms with Crippen LogP contribution in [0.15, 0.2) is 24.3 Å². The van der Waals surface area contributed by atoms with Crippen molar-refractivity contribution in [2.24, 2.45) is 11.7 Å². The van der Waals surface area contributed by atoms with Crippen molar-refractivity contribution in [3.63, 3.8) is 0 Å². The Morgan fingerprint density at radius 2 is 1.88 bits per heavy atom. The Morgan fingerprint density at radius 1 is 1.19 bits per heavy atom. The van der Waals surface area contributed by atoms with Crippen LogP contribution in [-0.4, -0.2) is 6.54 Å². The highest BCUT2D eigenvalue weighted by Gasteiger charge is 2.57. The molecule has 2 aliphatic carbocycles. The van der Waals surface area contributed by atoms with Gasteiger partial charge in [-0.2, -0.15) is 0 Å². The molecule has 1 aromatic carbocycles. The van der Waals surface area contributed by atoms with Crippen molar-refractivity contribution in [3.05, 3.63) is 35.4 Å². The van der Waals surface area contributed by atoms with E-state index in [1.54, 1.807) is 11.1 Å². The lowest BCUT2D eigenvalue weighted by atomic mass is 9.66. The van der Waals surface area contributed by atoms with E-state index in [1.807, 2.05) is 0 Å². The van der Waals surface area contributed by atoms with Crippen LogP contribution in [0.3, 0.4) is 0 Å². The highest BCUT2D eigenvalue weighted by molar-refractivity contribution is 5.46. The van der Waals surface area contributed by atoms with E-state index in [2.05, 4.69) is 38.1 Å². The highest BCUT2D eigenvalue weighted by atomic mass is 14.7. The first kappa shape index (κ1) is 10.3. The maximum Gasteiger partial charge on any atom is 0.0000244 e. The lowest BCUT2D eigenvalue weighted by molar-refractivity contribution is 0.368. The normalized spacial score (nSPS) is 34.8. The smallest absolute Gasteiger partial charge is 0.0000244 e. The van der Waals surface area contributed by atoms with Gasteiger partial charge < -0.3 is 5.73 Å². The van der Waals surface area contributed by atoms with E-state index in [0.717, 1.165) is 12.5 Å². The molecule has 2 aliphatic rings. The van der Waals surface area contributed by atoms with E-state index < -0.39 is 0 Å². The van der Waals surface area contributed by atoms with Crippen LogP contribution in [0, 0.1) is 5.92 Å². The topological polar surface area (TPSA) is 26.0 Å². The first-order valence-corrected chi connectivity index (χ1v) is 6.40. The SMILES string of the molecule is CC1(C)CC[C@]2(C[C@H]2CN)c2ccccc21. The van der Waals surface area contributed by atoms with Crippen LogP contribution >= 0.6 is 0 Å². The third-order valence-corrected chi connectivity index (χ3v) is 4.91. The third-order valence-electron chi connectivity index (χ3n) is 4.91. The van der Waals surface area contributed by atoms with Crippen molar-refractivity contribution in [2.45, 2.75) is 43.9 Å². The summed E-state index contributed by atoms with van der Waals surface area (Å²) in [5.74, 6) is 0.741. The molecule has 2 atom stereocenters. The van der Waals surface area contributed by atoms with Gasteiger partial charge in [0, 0.05) is 5.41 Å². The van der Waals surface area contributed by atoms with Crippen molar-refractivity contribution in [1.29, 1.82) is 0 Å². The summed E-state index contributed by atoms with van der Waals surface area (Å²) in [4.78, 5) is 0. The molecule has 2 N–H and O–H groups in total. The molecule has 1 heteroatoms. The molecule has 86 valence electrons. The summed E-state index contributed by atoms with van der Waals surface area (Å²) in [7, 11) is 0. The van der Waals surface area contributed by atoms with Gasteiger partial charge in [-0.15, -0.1) is 0 Å². The van der Waals surface area contributed by atoms with Crippen molar-refractivity contribution in [3.8, 4) is 0 Å². The Morgan fingerprint density at radius 3 is 2.50 bits per heavy atom. The largest absolute Gasteiger partial charge is 0.330 e. The second-order valence-electron chi connectivity index (χ2n) is 6.22. The standard InChI is InChI=1S/C15H21N/c1-14(2)7-8-15(9-11(15)10-16)13-6-4-3-5-12(13)14/h3-6,11H,7-10,16H2,1-2H3/t11-,15+/m0/s1. The Bertz CT molecular complexity index is 421. The molecule has 1 aromatic rings. The number of hydrogen-bond acceptors (Lipinski definition) is 1. The molecule has 0 aromatic heterocycles. The summed E-state index contributed by atoms with van der Waals surface area (Å²) in [5.41, 5.74) is 9.84. The fourth-order valence-corrected chi connectivity index (χ4v) is 3.64. The maximum atomic E-state index is 5.86. The zero-order chi connectivity index (χ0) is 11.4. The minimum absolute atomic E-state index is 0.351. The van der Waals surface area contributed by atoms with E-state index in [9.17, 15) is 0 Å². The summed E-state index contributed by atoms with van der Waals surface area (Å²) < 4.78 is 0. The Balaban J connectivity index is 2.11. The highest BCUT2D eigenvalue weighted by Crippen LogP contribution is 2.62. The Hall–Kier alpha value is -0.820. The summed E-state index contributed by atoms with van der Waals surface area (Å²) in [6, 6.07) is 9.03. The first-order chi connectivity index (χ1) is 7.60. The molecule has 1 spiro atoms. The molecular formula is C15H21N. The van der Waals surface area contributed by atoms with E-state index in [-0.39, 0.29) is 0 Å². The molecular weight excluding hydrogens is 194 g/mol. The van der Waals surface area contributed by atoms with E-state index >= 15 is 0 Å². The molecule has 16 heavy (non-hydrogen) atoms. The zero-order valence-corrected chi connectivity index (χ0v) is 10.3. The second-order valence-corrected chi connectivity index (χ2v) is 6.22. The Labute approximate surface area is 98.0 Å². The van der Waals surface area contributed by atoms with Gasteiger partial charge in [-0.05, 0) is 48.3 Å². The lowest BCUT2D eigenvalue weighted by Gasteiger charge is -2.38. The van der Waals surface area contributed by atoms with Gasteiger partial charge in [0.05, 0.1) is 0 Å². The fourth-order valence-electron chi connectivity index (χ4n) is 3.64. The van der Waals surface area contributed by atoms with Gasteiger partial charge in [-0.1, -0.05) is 38.1 Å². The molecule has 3 rings (SSSR count). The number of benzene rings is 1. The average Bonchev–Trinajstić information content (AvgIpc) is 3.00. The van der Waals surface area contributed by atoms with Gasteiger partial charge in [-0.3, -0.25) is 0 Å². The van der Waals surface area contributed by atoms with E-state index in [1.165, 1.54) is 19.3 Å². The zero-order valence-electron chi connectivity index (χ0n) is 10.3. The summed E-state index contributed by atoms with van der Waals surface area (Å²) in [5, 5.41) is 0. The van der Waals surface area contributed by atoms with Crippen molar-refractivity contribution < 1.29 is 0 Å².